The second-order valence-corrected chi connectivity index (χ2v) is 3.21. The number of allylic oxidation sites excluding steroid dienone is 1. The molecular weight excluding hydrogens is 203 g/mol. The summed E-state index contributed by atoms with van der Waals surface area (Å²) in [7, 11) is 0. The Kier molecular flexibility index (Phi) is 3.10. The number of nitrogens with zero attached hydrogens (tertiary/aromatic N) is 1. The van der Waals surface area contributed by atoms with Crippen LogP contribution in [0.3, 0.4) is 0 Å². The van der Waals surface area contributed by atoms with E-state index in [-0.39, 0.29) is 16.8 Å². The van der Waals surface area contributed by atoms with Gasteiger partial charge in [-0.25, -0.2) is 4.39 Å². The van der Waals surface area contributed by atoms with Crippen LogP contribution in [0.1, 0.15) is 12.5 Å². The molecule has 0 aliphatic heterocycles. The smallest absolute Gasteiger partial charge is 0.134 e. The Hall–Kier alpha value is -1.53. The Balaban J connectivity index is 3.29. The van der Waals surface area contributed by atoms with Crippen molar-refractivity contribution in [2.24, 2.45) is 5.73 Å². The minimum absolute atomic E-state index is 0.140. The van der Waals surface area contributed by atoms with Crippen molar-refractivity contribution in [3.63, 3.8) is 0 Å². The summed E-state index contributed by atoms with van der Waals surface area (Å²) in [6, 6.07) is 6.00. The first kappa shape index (κ1) is 10.6. The number of rotatable bonds is 1. The van der Waals surface area contributed by atoms with Crippen LogP contribution >= 0.6 is 11.6 Å². The highest BCUT2D eigenvalue weighted by Crippen LogP contribution is 2.20. The molecule has 1 rings (SSSR count). The predicted molar refractivity (Wildman–Crippen MR) is 53.8 cm³/mol. The van der Waals surface area contributed by atoms with Crippen LogP contribution in [-0.4, -0.2) is 0 Å². The first-order valence-corrected chi connectivity index (χ1v) is 4.26. The van der Waals surface area contributed by atoms with Crippen LogP contribution < -0.4 is 5.73 Å². The van der Waals surface area contributed by atoms with Gasteiger partial charge in [0.05, 0.1) is 17.3 Å². The highest BCUT2D eigenvalue weighted by atomic mass is 35.5. The molecular formula is C10H8ClFN2. The third-order valence-electron chi connectivity index (χ3n) is 1.79. The molecule has 14 heavy (non-hydrogen) atoms. The zero-order valence-corrected chi connectivity index (χ0v) is 8.27. The first-order valence-electron chi connectivity index (χ1n) is 3.88. The average molecular weight is 211 g/mol. The summed E-state index contributed by atoms with van der Waals surface area (Å²) >= 11 is 5.57. The van der Waals surface area contributed by atoms with Crippen molar-refractivity contribution >= 4 is 17.3 Å². The van der Waals surface area contributed by atoms with E-state index in [1.54, 1.807) is 0 Å². The molecule has 0 aliphatic carbocycles. The van der Waals surface area contributed by atoms with Gasteiger partial charge in [0.1, 0.15) is 5.82 Å². The number of hydrogen-bond donors (Lipinski definition) is 1. The number of halogens is 2. The van der Waals surface area contributed by atoms with Gasteiger partial charge in [-0.1, -0.05) is 11.6 Å². The molecule has 0 saturated heterocycles. The molecule has 0 spiro atoms. The Morgan fingerprint density at radius 3 is 2.71 bits per heavy atom. The largest absolute Gasteiger partial charge is 0.397 e. The lowest BCUT2D eigenvalue weighted by molar-refractivity contribution is 0.623. The van der Waals surface area contributed by atoms with Crippen LogP contribution in [0.2, 0.25) is 5.02 Å². The van der Waals surface area contributed by atoms with Gasteiger partial charge in [-0.15, -0.1) is 0 Å². The fraction of sp³-hybridized carbons (Fsp3) is 0.100. The SMILES string of the molecule is C/C(C#N)=C(/N)c1ccc(Cl)cc1F. The van der Waals surface area contributed by atoms with Gasteiger partial charge in [0, 0.05) is 10.6 Å². The van der Waals surface area contributed by atoms with E-state index in [0.29, 0.717) is 5.02 Å². The van der Waals surface area contributed by atoms with Crippen LogP contribution in [0.4, 0.5) is 4.39 Å². The standard InChI is InChI=1S/C10H8ClFN2/c1-6(5-13)10(14)8-3-2-7(11)4-9(8)12/h2-4H,14H2,1H3/b10-6-. The molecule has 0 radical (unpaired) electrons. The van der Waals surface area contributed by atoms with Crippen LogP contribution in [0.5, 0.6) is 0 Å². The van der Waals surface area contributed by atoms with Crippen molar-refractivity contribution in [2.45, 2.75) is 6.92 Å². The second-order valence-electron chi connectivity index (χ2n) is 2.77. The number of hydrogen-bond acceptors (Lipinski definition) is 2. The summed E-state index contributed by atoms with van der Waals surface area (Å²) in [6.07, 6.45) is 0. The van der Waals surface area contributed by atoms with Gasteiger partial charge >= 0.3 is 0 Å². The molecule has 0 amide bonds. The van der Waals surface area contributed by atoms with Gasteiger partial charge in [-0.2, -0.15) is 5.26 Å². The quantitative estimate of drug-likeness (QED) is 0.725. The van der Waals surface area contributed by atoms with E-state index in [9.17, 15) is 4.39 Å². The molecule has 2 N–H and O–H groups in total. The minimum Gasteiger partial charge on any atom is -0.397 e. The molecule has 4 heteroatoms. The normalized spacial score (nSPS) is 11.9. The van der Waals surface area contributed by atoms with Crippen LogP contribution in [0.15, 0.2) is 23.8 Å². The molecule has 0 heterocycles. The number of benzene rings is 1. The summed E-state index contributed by atoms with van der Waals surface area (Å²) in [5.41, 5.74) is 6.20. The van der Waals surface area contributed by atoms with Crippen LogP contribution in [-0.2, 0) is 0 Å². The Morgan fingerprint density at radius 2 is 2.21 bits per heavy atom. The van der Waals surface area contributed by atoms with Crippen LogP contribution in [0.25, 0.3) is 5.70 Å². The first-order chi connectivity index (χ1) is 6.56. The highest BCUT2D eigenvalue weighted by Gasteiger charge is 2.07. The molecule has 0 atom stereocenters. The maximum Gasteiger partial charge on any atom is 0.134 e. The molecule has 0 aliphatic rings. The Labute approximate surface area is 86.4 Å². The monoisotopic (exact) mass is 210 g/mol. The predicted octanol–water partition coefficient (Wildman–Crippen LogP) is 2.69. The van der Waals surface area contributed by atoms with E-state index >= 15 is 0 Å². The Bertz CT molecular complexity index is 432. The molecule has 72 valence electrons. The van der Waals surface area contributed by atoms with E-state index in [4.69, 9.17) is 22.6 Å². The van der Waals surface area contributed by atoms with Crippen molar-refractivity contribution in [2.75, 3.05) is 0 Å². The Morgan fingerprint density at radius 1 is 1.57 bits per heavy atom. The van der Waals surface area contributed by atoms with Gasteiger partial charge in [0.15, 0.2) is 0 Å². The van der Waals surface area contributed by atoms with E-state index in [0.717, 1.165) is 6.07 Å². The fourth-order valence-corrected chi connectivity index (χ4v) is 1.13. The van der Waals surface area contributed by atoms with Crippen molar-refractivity contribution in [1.82, 2.24) is 0 Å². The van der Waals surface area contributed by atoms with Gasteiger partial charge in [0.25, 0.3) is 0 Å². The average Bonchev–Trinajstić information content (AvgIpc) is 2.15. The summed E-state index contributed by atoms with van der Waals surface area (Å²) < 4.78 is 13.3. The fourth-order valence-electron chi connectivity index (χ4n) is 0.970. The molecule has 1 aromatic rings. The summed E-state index contributed by atoms with van der Waals surface area (Å²) in [5, 5.41) is 8.88. The van der Waals surface area contributed by atoms with Crippen molar-refractivity contribution in [3.05, 3.63) is 40.2 Å². The third-order valence-corrected chi connectivity index (χ3v) is 2.03. The maximum absolute atomic E-state index is 13.3. The van der Waals surface area contributed by atoms with E-state index in [2.05, 4.69) is 0 Å². The van der Waals surface area contributed by atoms with Crippen molar-refractivity contribution in [3.8, 4) is 6.07 Å². The van der Waals surface area contributed by atoms with Crippen molar-refractivity contribution in [1.29, 1.82) is 5.26 Å². The zero-order chi connectivity index (χ0) is 10.7. The molecule has 0 saturated carbocycles. The van der Waals surface area contributed by atoms with Gasteiger partial charge in [0.2, 0.25) is 0 Å². The van der Waals surface area contributed by atoms with E-state index in [1.165, 1.54) is 19.1 Å². The molecule has 2 nitrogen and oxygen atoms in total. The van der Waals surface area contributed by atoms with Crippen molar-refractivity contribution < 1.29 is 4.39 Å². The van der Waals surface area contributed by atoms with Gasteiger partial charge < -0.3 is 5.73 Å². The van der Waals surface area contributed by atoms with E-state index in [1.807, 2.05) is 6.07 Å². The highest BCUT2D eigenvalue weighted by molar-refractivity contribution is 6.30. The lowest BCUT2D eigenvalue weighted by atomic mass is 10.1. The van der Waals surface area contributed by atoms with Crippen LogP contribution in [0, 0.1) is 17.1 Å². The van der Waals surface area contributed by atoms with E-state index < -0.39 is 5.82 Å². The maximum atomic E-state index is 13.3. The summed E-state index contributed by atoms with van der Waals surface area (Å²) in [5.74, 6) is -0.524. The zero-order valence-electron chi connectivity index (χ0n) is 7.51. The molecule has 0 fully saturated rings. The second kappa shape index (κ2) is 4.12. The minimum atomic E-state index is -0.524. The topological polar surface area (TPSA) is 49.8 Å². The lowest BCUT2D eigenvalue weighted by Gasteiger charge is -2.04. The summed E-state index contributed by atoms with van der Waals surface area (Å²) in [6.45, 7) is 1.53. The molecule has 0 aromatic heterocycles. The number of nitrogens with two attached hydrogens (primary N) is 1. The summed E-state index contributed by atoms with van der Waals surface area (Å²) in [4.78, 5) is 0. The molecule has 0 bridgehead atoms. The molecule has 0 unspecified atom stereocenters. The molecule has 1 aromatic carbocycles. The van der Waals surface area contributed by atoms with Gasteiger partial charge in [-0.05, 0) is 25.1 Å². The lowest BCUT2D eigenvalue weighted by Crippen LogP contribution is -2.01. The third kappa shape index (κ3) is 2.04. The van der Waals surface area contributed by atoms with Gasteiger partial charge in [-0.3, -0.25) is 0 Å². The number of nitriles is 1.